The van der Waals surface area contributed by atoms with Crippen molar-refractivity contribution in [2.75, 3.05) is 11.9 Å². The maximum atomic E-state index is 13.5. The van der Waals surface area contributed by atoms with Gasteiger partial charge in [0.25, 0.3) is 5.91 Å². The third-order valence-electron chi connectivity index (χ3n) is 4.51. The maximum absolute atomic E-state index is 13.5. The molecule has 3 rings (SSSR count). The van der Waals surface area contributed by atoms with Gasteiger partial charge in [-0.25, -0.2) is 8.78 Å². The van der Waals surface area contributed by atoms with Crippen LogP contribution in [-0.2, 0) is 4.79 Å². The molecule has 2 aromatic carbocycles. The lowest BCUT2D eigenvalue weighted by Crippen LogP contribution is -2.33. The topological polar surface area (TPSA) is 58.2 Å². The molecule has 4 nitrogen and oxygen atoms in total. The van der Waals surface area contributed by atoms with Crippen LogP contribution in [0.4, 0.5) is 27.6 Å². The fraction of sp³-hybridized carbons (Fsp3) is 0.263. The van der Waals surface area contributed by atoms with E-state index < -0.39 is 52.3 Å². The molecule has 0 bridgehead atoms. The van der Waals surface area contributed by atoms with E-state index >= 15 is 0 Å². The van der Waals surface area contributed by atoms with Crippen LogP contribution in [-0.4, -0.2) is 28.9 Å². The summed E-state index contributed by atoms with van der Waals surface area (Å²) in [5, 5.41) is 3.96. The molecule has 0 saturated heterocycles. The van der Waals surface area contributed by atoms with Gasteiger partial charge in [0, 0.05) is 17.7 Å². The van der Waals surface area contributed by atoms with Crippen molar-refractivity contribution >= 4 is 52.3 Å². The molecule has 31 heavy (non-hydrogen) atoms. The summed E-state index contributed by atoms with van der Waals surface area (Å²) < 4.78 is 62.3. The number of benzene rings is 2. The van der Waals surface area contributed by atoms with E-state index in [4.69, 9.17) is 34.8 Å². The SMILES string of the molecule is O=C(NCC(F)(F)F)c1cc(NC(=O)[C@H]2[C@H](c3cc(F)cc(F)c3)C2(Cl)Cl)ccc1Cl. The first kappa shape index (κ1) is 23.6. The minimum absolute atomic E-state index is 0.0340. The first-order valence-corrected chi connectivity index (χ1v) is 9.72. The predicted octanol–water partition coefficient (Wildman–Crippen LogP) is 5.44. The Hall–Kier alpha value is -2.10. The van der Waals surface area contributed by atoms with Gasteiger partial charge in [-0.15, -0.1) is 23.2 Å². The molecule has 0 heterocycles. The van der Waals surface area contributed by atoms with E-state index in [0.29, 0.717) is 6.07 Å². The second-order valence-corrected chi connectivity index (χ2v) is 8.67. The minimum Gasteiger partial charge on any atom is -0.343 e. The Balaban J connectivity index is 1.75. The number of nitrogens with one attached hydrogen (secondary N) is 2. The number of carbonyl (C=O) groups is 2. The zero-order valence-corrected chi connectivity index (χ0v) is 17.4. The molecule has 2 aromatic rings. The van der Waals surface area contributed by atoms with Crippen molar-refractivity contribution in [1.29, 1.82) is 0 Å². The molecule has 166 valence electrons. The number of hydrogen-bond donors (Lipinski definition) is 2. The van der Waals surface area contributed by atoms with Crippen LogP contribution < -0.4 is 10.6 Å². The summed E-state index contributed by atoms with van der Waals surface area (Å²) in [5.74, 6) is -5.52. The molecule has 0 aromatic heterocycles. The van der Waals surface area contributed by atoms with Gasteiger partial charge in [0.2, 0.25) is 5.91 Å². The molecule has 12 heteroatoms. The van der Waals surface area contributed by atoms with Crippen LogP contribution in [0.15, 0.2) is 36.4 Å². The largest absolute Gasteiger partial charge is 0.405 e. The number of halogens is 8. The van der Waals surface area contributed by atoms with Gasteiger partial charge < -0.3 is 10.6 Å². The van der Waals surface area contributed by atoms with E-state index in [1.54, 1.807) is 5.32 Å². The van der Waals surface area contributed by atoms with Gasteiger partial charge in [-0.2, -0.15) is 13.2 Å². The van der Waals surface area contributed by atoms with Gasteiger partial charge in [-0.1, -0.05) is 11.6 Å². The highest BCUT2D eigenvalue weighted by Crippen LogP contribution is 2.65. The smallest absolute Gasteiger partial charge is 0.343 e. The van der Waals surface area contributed by atoms with E-state index in [1.807, 2.05) is 0 Å². The van der Waals surface area contributed by atoms with Crippen molar-refractivity contribution in [2.45, 2.75) is 16.4 Å². The Morgan fingerprint density at radius 3 is 2.23 bits per heavy atom. The molecule has 1 fully saturated rings. The quantitative estimate of drug-likeness (QED) is 0.424. The molecule has 0 aliphatic heterocycles. The number of carbonyl (C=O) groups excluding carboxylic acids is 2. The van der Waals surface area contributed by atoms with Crippen LogP contribution >= 0.6 is 34.8 Å². The Bertz CT molecular complexity index is 1030. The third kappa shape index (κ3) is 5.39. The zero-order chi connectivity index (χ0) is 23.1. The van der Waals surface area contributed by atoms with Crippen LogP contribution in [0.2, 0.25) is 5.02 Å². The number of rotatable bonds is 5. The molecule has 0 spiro atoms. The summed E-state index contributed by atoms with van der Waals surface area (Å²) in [7, 11) is 0. The lowest BCUT2D eigenvalue weighted by molar-refractivity contribution is -0.123. The second-order valence-electron chi connectivity index (χ2n) is 6.81. The third-order valence-corrected chi connectivity index (χ3v) is 5.78. The van der Waals surface area contributed by atoms with Crippen molar-refractivity contribution in [1.82, 2.24) is 5.32 Å². The highest BCUT2D eigenvalue weighted by Gasteiger charge is 2.67. The molecule has 0 unspecified atom stereocenters. The lowest BCUT2D eigenvalue weighted by Gasteiger charge is -2.11. The molecule has 1 saturated carbocycles. The summed E-state index contributed by atoms with van der Waals surface area (Å²) in [4.78, 5) is 24.6. The average Bonchev–Trinajstić information content (AvgIpc) is 3.22. The average molecular weight is 502 g/mol. The van der Waals surface area contributed by atoms with Gasteiger partial charge in [0.1, 0.15) is 22.5 Å². The Labute approximate surface area is 187 Å². The molecule has 2 atom stereocenters. The fourth-order valence-corrected chi connectivity index (χ4v) is 4.13. The zero-order valence-electron chi connectivity index (χ0n) is 15.2. The first-order valence-electron chi connectivity index (χ1n) is 8.59. The van der Waals surface area contributed by atoms with E-state index in [9.17, 15) is 31.5 Å². The number of amides is 2. The molecular formula is C19H12Cl3F5N2O2. The number of hydrogen-bond acceptors (Lipinski definition) is 2. The van der Waals surface area contributed by atoms with Gasteiger partial charge in [-0.05, 0) is 35.9 Å². The fourth-order valence-electron chi connectivity index (χ4n) is 3.10. The monoisotopic (exact) mass is 500 g/mol. The van der Waals surface area contributed by atoms with Crippen LogP contribution in [0.3, 0.4) is 0 Å². The van der Waals surface area contributed by atoms with Gasteiger partial charge in [0.05, 0.1) is 16.5 Å². The highest BCUT2D eigenvalue weighted by atomic mass is 35.5. The van der Waals surface area contributed by atoms with Gasteiger partial charge >= 0.3 is 6.18 Å². The van der Waals surface area contributed by atoms with Gasteiger partial charge in [0.15, 0.2) is 0 Å². The van der Waals surface area contributed by atoms with E-state index in [2.05, 4.69) is 5.32 Å². The summed E-state index contributed by atoms with van der Waals surface area (Å²) >= 11 is 18.1. The molecular weight excluding hydrogens is 490 g/mol. The van der Waals surface area contributed by atoms with Crippen LogP contribution in [0.5, 0.6) is 0 Å². The molecule has 1 aliphatic rings. The lowest BCUT2D eigenvalue weighted by atomic mass is 10.1. The maximum Gasteiger partial charge on any atom is 0.405 e. The number of alkyl halides is 5. The van der Waals surface area contributed by atoms with Crippen molar-refractivity contribution in [3.05, 3.63) is 64.2 Å². The number of anilines is 1. The molecule has 1 aliphatic carbocycles. The summed E-state index contributed by atoms with van der Waals surface area (Å²) in [6, 6.07) is 6.27. The predicted molar refractivity (Wildman–Crippen MR) is 105 cm³/mol. The standard InChI is InChI=1S/C19H12Cl3F5N2O2/c20-13-2-1-11(6-12(13)16(30)28-7-18(25,26)27)29-17(31)15-14(19(15,21)22)8-3-9(23)5-10(24)4-8/h1-6,14-15H,7H2,(H,28,30)(H,29,31)/t14-,15+/m0/s1. The van der Waals surface area contributed by atoms with E-state index in [1.165, 1.54) is 12.1 Å². The Morgan fingerprint density at radius 1 is 1.03 bits per heavy atom. The van der Waals surface area contributed by atoms with Crippen molar-refractivity contribution in [3.8, 4) is 0 Å². The normalized spacial score (nSPS) is 19.6. The van der Waals surface area contributed by atoms with Gasteiger partial charge in [-0.3, -0.25) is 9.59 Å². The molecule has 2 amide bonds. The highest BCUT2D eigenvalue weighted by molar-refractivity contribution is 6.53. The van der Waals surface area contributed by atoms with Crippen LogP contribution in [0.1, 0.15) is 21.8 Å². The van der Waals surface area contributed by atoms with Crippen LogP contribution in [0.25, 0.3) is 0 Å². The summed E-state index contributed by atoms with van der Waals surface area (Å²) in [6.45, 7) is -1.56. The summed E-state index contributed by atoms with van der Waals surface area (Å²) in [6.07, 6.45) is -4.62. The summed E-state index contributed by atoms with van der Waals surface area (Å²) in [5.41, 5.74) is -0.177. The van der Waals surface area contributed by atoms with E-state index in [-0.39, 0.29) is 21.8 Å². The first-order chi connectivity index (χ1) is 14.3. The van der Waals surface area contributed by atoms with Crippen molar-refractivity contribution in [2.24, 2.45) is 5.92 Å². The Kier molecular flexibility index (Phi) is 6.42. The molecule has 2 N–H and O–H groups in total. The van der Waals surface area contributed by atoms with Crippen molar-refractivity contribution < 1.29 is 31.5 Å². The van der Waals surface area contributed by atoms with Crippen molar-refractivity contribution in [3.63, 3.8) is 0 Å². The van der Waals surface area contributed by atoms with Crippen LogP contribution in [0, 0.1) is 17.6 Å². The second kappa shape index (κ2) is 8.44. The minimum atomic E-state index is -4.62. The molecule has 0 radical (unpaired) electrons. The Morgan fingerprint density at radius 2 is 1.65 bits per heavy atom. The van der Waals surface area contributed by atoms with E-state index in [0.717, 1.165) is 18.2 Å².